The largest absolute Gasteiger partial charge is 0.507 e. The molecule has 1 saturated heterocycles. The van der Waals surface area contributed by atoms with Gasteiger partial charge in [-0.2, -0.15) is 0 Å². The molecule has 3 aromatic carbocycles. The van der Waals surface area contributed by atoms with Crippen LogP contribution >= 0.6 is 0 Å². The highest BCUT2D eigenvalue weighted by Gasteiger charge is 2.45. The van der Waals surface area contributed by atoms with Crippen LogP contribution in [-0.2, 0) is 9.59 Å². The maximum Gasteiger partial charge on any atom is 0.295 e. The van der Waals surface area contributed by atoms with E-state index in [1.165, 1.54) is 0 Å². The van der Waals surface area contributed by atoms with Gasteiger partial charge in [-0.3, -0.25) is 9.59 Å². The fourth-order valence-corrected chi connectivity index (χ4v) is 4.41. The zero-order valence-corrected chi connectivity index (χ0v) is 18.0. The molecule has 1 amide bonds. The van der Waals surface area contributed by atoms with Crippen molar-refractivity contribution in [1.82, 2.24) is 4.90 Å². The van der Waals surface area contributed by atoms with Crippen molar-refractivity contribution in [3.05, 3.63) is 89.0 Å². The fourth-order valence-electron chi connectivity index (χ4n) is 4.41. The van der Waals surface area contributed by atoms with E-state index in [1.54, 1.807) is 11.0 Å². The molecule has 1 N–H and O–H groups in total. The molecule has 0 aliphatic carbocycles. The third-order valence-electron chi connectivity index (χ3n) is 5.95. The van der Waals surface area contributed by atoms with Crippen LogP contribution in [0, 0.1) is 6.92 Å². The van der Waals surface area contributed by atoms with Crippen LogP contribution in [0.5, 0.6) is 0 Å². The van der Waals surface area contributed by atoms with Crippen molar-refractivity contribution in [2.75, 3.05) is 6.54 Å². The Labute approximate surface area is 182 Å². The number of unbranched alkanes of at least 4 members (excludes halogenated alkanes) is 2. The summed E-state index contributed by atoms with van der Waals surface area (Å²) in [5.41, 5.74) is 2.63. The number of amides is 1. The Morgan fingerprint density at radius 3 is 2.48 bits per heavy atom. The maximum absolute atomic E-state index is 13.2. The normalized spacial score (nSPS) is 18.1. The van der Waals surface area contributed by atoms with Gasteiger partial charge >= 0.3 is 0 Å². The lowest BCUT2D eigenvalue weighted by atomic mass is 9.92. The molecule has 0 saturated carbocycles. The molecule has 158 valence electrons. The fraction of sp³-hybridized carbons (Fsp3) is 0.259. The first kappa shape index (κ1) is 20.9. The molecule has 3 aromatic rings. The van der Waals surface area contributed by atoms with Gasteiger partial charge in [-0.1, -0.05) is 92.1 Å². The van der Waals surface area contributed by atoms with E-state index in [2.05, 4.69) is 6.92 Å². The molecule has 1 aliphatic heterocycles. The van der Waals surface area contributed by atoms with Crippen LogP contribution in [-0.4, -0.2) is 28.2 Å². The molecule has 0 spiro atoms. The van der Waals surface area contributed by atoms with Crippen molar-refractivity contribution < 1.29 is 14.7 Å². The van der Waals surface area contributed by atoms with E-state index in [4.69, 9.17) is 0 Å². The zero-order valence-electron chi connectivity index (χ0n) is 18.0. The minimum Gasteiger partial charge on any atom is -0.507 e. The number of aliphatic hydroxyl groups is 1. The smallest absolute Gasteiger partial charge is 0.295 e. The van der Waals surface area contributed by atoms with Gasteiger partial charge in [0.2, 0.25) is 0 Å². The van der Waals surface area contributed by atoms with E-state index < -0.39 is 17.7 Å². The number of fused-ring (bicyclic) bond motifs is 1. The van der Waals surface area contributed by atoms with Gasteiger partial charge < -0.3 is 10.0 Å². The van der Waals surface area contributed by atoms with Gasteiger partial charge in [-0.05, 0) is 29.7 Å². The number of aryl methyl sites for hydroxylation is 1. The van der Waals surface area contributed by atoms with Crippen LogP contribution in [0.15, 0.2) is 72.3 Å². The second-order valence-corrected chi connectivity index (χ2v) is 8.14. The van der Waals surface area contributed by atoms with Crippen molar-refractivity contribution in [3.8, 4) is 0 Å². The number of Topliss-reactive ketones (excluding diaryl/α,β-unsaturated/α-hetero) is 1. The van der Waals surface area contributed by atoms with E-state index in [0.717, 1.165) is 41.2 Å². The highest BCUT2D eigenvalue weighted by Crippen LogP contribution is 2.40. The second kappa shape index (κ2) is 8.76. The lowest BCUT2D eigenvalue weighted by Crippen LogP contribution is -2.30. The molecule has 4 rings (SSSR count). The third-order valence-corrected chi connectivity index (χ3v) is 5.95. The Balaban J connectivity index is 1.90. The van der Waals surface area contributed by atoms with Crippen molar-refractivity contribution in [2.24, 2.45) is 0 Å². The Morgan fingerprint density at radius 1 is 0.968 bits per heavy atom. The van der Waals surface area contributed by atoms with Crippen molar-refractivity contribution in [1.29, 1.82) is 0 Å². The number of likely N-dealkylation sites (tertiary alicyclic amines) is 1. The van der Waals surface area contributed by atoms with Crippen LogP contribution in [0.3, 0.4) is 0 Å². The van der Waals surface area contributed by atoms with Gasteiger partial charge in [0.25, 0.3) is 11.7 Å². The lowest BCUT2D eigenvalue weighted by Gasteiger charge is -2.25. The van der Waals surface area contributed by atoms with Crippen molar-refractivity contribution >= 4 is 28.2 Å². The van der Waals surface area contributed by atoms with Gasteiger partial charge in [0.05, 0.1) is 11.6 Å². The number of ketones is 1. The molecule has 31 heavy (non-hydrogen) atoms. The summed E-state index contributed by atoms with van der Waals surface area (Å²) in [6, 6.07) is 20.6. The number of carbonyl (C=O) groups is 2. The highest BCUT2D eigenvalue weighted by atomic mass is 16.3. The van der Waals surface area contributed by atoms with Gasteiger partial charge in [0, 0.05) is 12.1 Å². The Morgan fingerprint density at radius 2 is 1.71 bits per heavy atom. The summed E-state index contributed by atoms with van der Waals surface area (Å²) in [5, 5.41) is 13.2. The molecule has 1 fully saturated rings. The summed E-state index contributed by atoms with van der Waals surface area (Å²) < 4.78 is 0. The second-order valence-electron chi connectivity index (χ2n) is 8.14. The highest BCUT2D eigenvalue weighted by molar-refractivity contribution is 6.46. The predicted molar refractivity (Wildman–Crippen MR) is 124 cm³/mol. The summed E-state index contributed by atoms with van der Waals surface area (Å²) in [5.74, 6) is -1.27. The number of benzene rings is 3. The van der Waals surface area contributed by atoms with Crippen LogP contribution in [0.4, 0.5) is 0 Å². The number of carbonyl (C=O) groups excluding carboxylic acids is 2. The molecular formula is C27H27NO3. The van der Waals surface area contributed by atoms with Crippen molar-refractivity contribution in [3.63, 3.8) is 0 Å². The summed E-state index contributed by atoms with van der Waals surface area (Å²) in [6.45, 7) is 4.58. The van der Waals surface area contributed by atoms with E-state index in [9.17, 15) is 14.7 Å². The number of hydrogen-bond donors (Lipinski definition) is 1. The monoisotopic (exact) mass is 413 g/mol. The minimum absolute atomic E-state index is 0.111. The number of rotatable bonds is 6. The Hall–Kier alpha value is -3.40. The van der Waals surface area contributed by atoms with E-state index >= 15 is 0 Å². The molecule has 0 radical (unpaired) electrons. The van der Waals surface area contributed by atoms with Crippen LogP contribution < -0.4 is 0 Å². The molecular weight excluding hydrogens is 386 g/mol. The molecule has 1 heterocycles. The standard InChI is InChI=1S/C27H27NO3/c1-3-4-7-16-28-24(20-13-8-10-18(2)17-20)23(26(30)27(28)31)25(29)22-15-9-12-19-11-5-6-14-21(19)22/h5-6,8-15,17,24,29H,3-4,7,16H2,1-2H3/b25-23-. The van der Waals surface area contributed by atoms with Crippen LogP contribution in [0.1, 0.15) is 48.9 Å². The number of nitrogens with zero attached hydrogens (tertiary/aromatic N) is 1. The number of hydrogen-bond acceptors (Lipinski definition) is 3. The first-order valence-electron chi connectivity index (χ1n) is 10.9. The Kier molecular flexibility index (Phi) is 5.90. The predicted octanol–water partition coefficient (Wildman–Crippen LogP) is 5.76. The molecule has 1 unspecified atom stereocenters. The summed E-state index contributed by atoms with van der Waals surface area (Å²) >= 11 is 0. The first-order chi connectivity index (χ1) is 15.0. The Bertz CT molecular complexity index is 1170. The van der Waals surface area contributed by atoms with Crippen LogP contribution in [0.25, 0.3) is 16.5 Å². The van der Waals surface area contributed by atoms with Gasteiger partial charge in [-0.25, -0.2) is 0 Å². The molecule has 0 aromatic heterocycles. The molecule has 1 aliphatic rings. The topological polar surface area (TPSA) is 57.6 Å². The van der Waals surface area contributed by atoms with Crippen LogP contribution in [0.2, 0.25) is 0 Å². The average molecular weight is 414 g/mol. The first-order valence-corrected chi connectivity index (χ1v) is 10.9. The quantitative estimate of drug-likeness (QED) is 0.242. The molecule has 4 heteroatoms. The number of aliphatic hydroxyl groups excluding tert-OH is 1. The van der Waals surface area contributed by atoms with E-state index in [1.807, 2.05) is 67.6 Å². The lowest BCUT2D eigenvalue weighted by molar-refractivity contribution is -0.139. The average Bonchev–Trinajstić information content (AvgIpc) is 3.03. The van der Waals surface area contributed by atoms with E-state index in [-0.39, 0.29) is 11.3 Å². The zero-order chi connectivity index (χ0) is 22.0. The van der Waals surface area contributed by atoms with Gasteiger partial charge in [0.15, 0.2) is 0 Å². The van der Waals surface area contributed by atoms with E-state index in [0.29, 0.717) is 12.1 Å². The summed E-state index contributed by atoms with van der Waals surface area (Å²) in [6.07, 6.45) is 2.82. The third kappa shape index (κ3) is 3.86. The van der Waals surface area contributed by atoms with Gasteiger partial charge in [0.1, 0.15) is 5.76 Å². The SMILES string of the molecule is CCCCCN1C(=O)C(=O)/C(=C(\O)c2cccc3ccccc23)C1c1cccc(C)c1. The maximum atomic E-state index is 13.2. The molecule has 4 nitrogen and oxygen atoms in total. The van der Waals surface area contributed by atoms with Gasteiger partial charge in [-0.15, -0.1) is 0 Å². The summed E-state index contributed by atoms with van der Waals surface area (Å²) in [7, 11) is 0. The van der Waals surface area contributed by atoms with Crippen molar-refractivity contribution in [2.45, 2.75) is 39.2 Å². The summed E-state index contributed by atoms with van der Waals surface area (Å²) in [4.78, 5) is 27.8. The minimum atomic E-state index is -0.617. The molecule has 0 bridgehead atoms. The molecule has 1 atom stereocenters.